The number of rotatable bonds is 8. The third-order valence-corrected chi connectivity index (χ3v) is 4.36. The van der Waals surface area contributed by atoms with Crippen LogP contribution in [0, 0.1) is 11.8 Å². The Kier molecular flexibility index (Phi) is 5.65. The van der Waals surface area contributed by atoms with Gasteiger partial charge in [0.25, 0.3) is 0 Å². The van der Waals surface area contributed by atoms with E-state index in [9.17, 15) is 14.2 Å². The lowest BCUT2D eigenvalue weighted by atomic mass is 9.92. The summed E-state index contributed by atoms with van der Waals surface area (Å²) in [5.41, 5.74) is -2.25. The van der Waals surface area contributed by atoms with Crippen LogP contribution in [0.15, 0.2) is 18.7 Å². The molecule has 0 bridgehead atoms. The van der Waals surface area contributed by atoms with Crippen LogP contribution in [0.1, 0.15) is 13.3 Å². The minimum Gasteiger partial charge on any atom is -0.481 e. The Morgan fingerprint density at radius 3 is 2.29 bits per heavy atom. The smallest absolute Gasteiger partial charge is 0.340 e. The molecule has 3 atom stereocenters. The fourth-order valence-corrected chi connectivity index (χ4v) is 3.18. The van der Waals surface area contributed by atoms with Crippen molar-refractivity contribution in [2.75, 3.05) is 0 Å². The van der Waals surface area contributed by atoms with Crippen LogP contribution in [0.5, 0.6) is 0 Å². The highest BCUT2D eigenvalue weighted by Gasteiger charge is 2.46. The van der Waals surface area contributed by atoms with Crippen molar-refractivity contribution in [3.05, 3.63) is 18.7 Å². The summed E-state index contributed by atoms with van der Waals surface area (Å²) in [5.74, 6) is -5.32. The van der Waals surface area contributed by atoms with Gasteiger partial charge in [-0.3, -0.25) is 14.2 Å². The predicted octanol–water partition coefficient (Wildman–Crippen LogP) is 0.241. The molecule has 21 heavy (non-hydrogen) atoms. The Hall–Kier alpha value is -1.70. The lowest BCUT2D eigenvalue weighted by Crippen LogP contribution is -2.36. The molecule has 9 nitrogen and oxygen atoms in total. The van der Waals surface area contributed by atoms with Crippen LogP contribution < -0.4 is 0 Å². The van der Waals surface area contributed by atoms with E-state index in [2.05, 4.69) is 4.98 Å². The van der Waals surface area contributed by atoms with Crippen LogP contribution >= 0.6 is 7.60 Å². The first-order valence-corrected chi connectivity index (χ1v) is 7.77. The third-order valence-electron chi connectivity index (χ3n) is 3.05. The number of carboxylic acid groups (broad SMARTS) is 2. The Labute approximate surface area is 120 Å². The van der Waals surface area contributed by atoms with Gasteiger partial charge in [0.05, 0.1) is 12.2 Å². The number of imidazole rings is 1. The first-order chi connectivity index (χ1) is 9.62. The van der Waals surface area contributed by atoms with Crippen LogP contribution in [-0.2, 0) is 20.7 Å². The van der Waals surface area contributed by atoms with Crippen molar-refractivity contribution < 1.29 is 34.2 Å². The van der Waals surface area contributed by atoms with E-state index in [1.807, 2.05) is 0 Å². The van der Waals surface area contributed by atoms with Gasteiger partial charge in [-0.25, -0.2) is 4.98 Å². The molecule has 0 aliphatic heterocycles. The van der Waals surface area contributed by atoms with E-state index in [4.69, 9.17) is 20.0 Å². The van der Waals surface area contributed by atoms with Gasteiger partial charge < -0.3 is 24.6 Å². The molecule has 0 aliphatic carbocycles. The lowest BCUT2D eigenvalue weighted by Gasteiger charge is -2.24. The van der Waals surface area contributed by atoms with Gasteiger partial charge in [0.2, 0.25) is 0 Å². The summed E-state index contributed by atoms with van der Waals surface area (Å²) < 4.78 is 12.9. The molecule has 0 fully saturated rings. The van der Waals surface area contributed by atoms with Gasteiger partial charge in [-0.15, -0.1) is 0 Å². The minimum atomic E-state index is -5.07. The number of aliphatic carboxylic acids is 2. The average molecular weight is 320 g/mol. The van der Waals surface area contributed by atoms with Gasteiger partial charge >= 0.3 is 19.5 Å². The van der Waals surface area contributed by atoms with Gasteiger partial charge in [-0.1, -0.05) is 6.92 Å². The number of carbonyl (C=O) groups is 2. The summed E-state index contributed by atoms with van der Waals surface area (Å²) in [6, 6.07) is 0. The van der Waals surface area contributed by atoms with Crippen molar-refractivity contribution in [2.24, 2.45) is 11.8 Å². The van der Waals surface area contributed by atoms with Gasteiger partial charge in [0, 0.05) is 18.9 Å². The van der Waals surface area contributed by atoms with Crippen molar-refractivity contribution in [1.29, 1.82) is 0 Å². The zero-order valence-electron chi connectivity index (χ0n) is 11.2. The quantitative estimate of drug-likeness (QED) is 0.497. The maximum absolute atomic E-state index is 11.3. The standard InChI is InChI=1S/C11H17N2O7P/c1-7(5-13-3-2-12-6-13)4-8(10(14)15)9(11(16)17)21(18,19)20/h2-3,6-9H,4-5H2,1H3,(H,14,15)(H,16,17)(H2,18,19,20). The maximum Gasteiger partial charge on any atom is 0.340 e. The molecular formula is C11H17N2O7P. The predicted molar refractivity (Wildman–Crippen MR) is 70.6 cm³/mol. The zero-order valence-corrected chi connectivity index (χ0v) is 12.1. The van der Waals surface area contributed by atoms with E-state index in [0.717, 1.165) is 0 Å². The first kappa shape index (κ1) is 17.4. The van der Waals surface area contributed by atoms with Crippen molar-refractivity contribution >= 4 is 19.5 Å². The molecule has 1 rings (SSSR count). The van der Waals surface area contributed by atoms with Crippen molar-refractivity contribution in [3.8, 4) is 0 Å². The van der Waals surface area contributed by atoms with E-state index >= 15 is 0 Å². The normalized spacial score (nSPS) is 16.1. The Morgan fingerprint density at radius 1 is 1.29 bits per heavy atom. The summed E-state index contributed by atoms with van der Waals surface area (Å²) in [7, 11) is -5.07. The van der Waals surface area contributed by atoms with Crippen molar-refractivity contribution in [1.82, 2.24) is 9.55 Å². The number of hydrogen-bond donors (Lipinski definition) is 4. The average Bonchev–Trinajstić information content (AvgIpc) is 2.78. The molecule has 0 radical (unpaired) electrons. The van der Waals surface area contributed by atoms with Crippen molar-refractivity contribution in [2.45, 2.75) is 25.5 Å². The molecule has 10 heteroatoms. The number of aromatic nitrogens is 2. The summed E-state index contributed by atoms with van der Waals surface area (Å²) in [6.07, 6.45) is 4.54. The molecule has 0 saturated heterocycles. The van der Waals surface area contributed by atoms with Crippen molar-refractivity contribution in [3.63, 3.8) is 0 Å². The maximum atomic E-state index is 11.3. The third kappa shape index (κ3) is 4.96. The molecule has 1 aromatic heterocycles. The molecule has 1 heterocycles. The Morgan fingerprint density at radius 2 is 1.90 bits per heavy atom. The molecule has 118 valence electrons. The highest BCUT2D eigenvalue weighted by molar-refractivity contribution is 7.53. The van der Waals surface area contributed by atoms with Gasteiger partial charge in [0.1, 0.15) is 0 Å². The van der Waals surface area contributed by atoms with Crippen LogP contribution in [0.4, 0.5) is 0 Å². The van der Waals surface area contributed by atoms with E-state index < -0.39 is 31.1 Å². The topological polar surface area (TPSA) is 150 Å². The second-order valence-corrected chi connectivity index (χ2v) is 6.65. The molecule has 0 spiro atoms. The zero-order chi connectivity index (χ0) is 16.2. The first-order valence-electron chi connectivity index (χ1n) is 6.09. The summed E-state index contributed by atoms with van der Waals surface area (Å²) in [4.78, 5) is 44.2. The number of nitrogens with zero attached hydrogens (tertiary/aromatic N) is 2. The van der Waals surface area contributed by atoms with E-state index in [1.54, 1.807) is 17.7 Å². The molecule has 3 unspecified atom stereocenters. The highest BCUT2D eigenvalue weighted by Crippen LogP contribution is 2.46. The van der Waals surface area contributed by atoms with Crippen LogP contribution in [-0.4, -0.2) is 47.1 Å². The van der Waals surface area contributed by atoms with Crippen LogP contribution in [0.3, 0.4) is 0 Å². The van der Waals surface area contributed by atoms with E-state index in [0.29, 0.717) is 6.54 Å². The second-order valence-electron chi connectivity index (χ2n) is 4.92. The monoisotopic (exact) mass is 320 g/mol. The summed E-state index contributed by atoms with van der Waals surface area (Å²) in [5, 5.41) is 18.0. The molecular weight excluding hydrogens is 303 g/mol. The molecule has 0 aliphatic rings. The Balaban J connectivity index is 2.88. The fraction of sp³-hybridized carbons (Fsp3) is 0.545. The minimum absolute atomic E-state index is 0.171. The largest absolute Gasteiger partial charge is 0.481 e. The molecule has 4 N–H and O–H groups in total. The van der Waals surface area contributed by atoms with Gasteiger partial charge in [0.15, 0.2) is 5.66 Å². The lowest BCUT2D eigenvalue weighted by molar-refractivity contribution is -0.148. The number of hydrogen-bond acceptors (Lipinski definition) is 4. The fourth-order valence-electron chi connectivity index (χ4n) is 2.18. The van der Waals surface area contributed by atoms with E-state index in [1.165, 1.54) is 12.5 Å². The number of carboxylic acids is 2. The molecule has 0 aromatic carbocycles. The molecule has 1 aromatic rings. The Bertz CT molecular complexity index is 539. The summed E-state index contributed by atoms with van der Waals surface area (Å²) >= 11 is 0. The van der Waals surface area contributed by atoms with E-state index in [-0.39, 0.29) is 12.3 Å². The van der Waals surface area contributed by atoms with Gasteiger partial charge in [-0.05, 0) is 12.3 Å². The molecule has 0 amide bonds. The second kappa shape index (κ2) is 6.84. The highest BCUT2D eigenvalue weighted by atomic mass is 31.2. The SMILES string of the molecule is CC(CC(C(=O)O)C(C(=O)O)P(=O)(O)O)Cn1ccnc1. The van der Waals surface area contributed by atoms with Crippen LogP contribution in [0.2, 0.25) is 0 Å². The summed E-state index contributed by atoms with van der Waals surface area (Å²) in [6.45, 7) is 2.05. The van der Waals surface area contributed by atoms with Gasteiger partial charge in [-0.2, -0.15) is 0 Å². The molecule has 0 saturated carbocycles. The van der Waals surface area contributed by atoms with Crippen LogP contribution in [0.25, 0.3) is 0 Å².